The summed E-state index contributed by atoms with van der Waals surface area (Å²) in [5, 5.41) is 6.78. The van der Waals surface area contributed by atoms with Crippen molar-refractivity contribution >= 4 is 11.9 Å². The van der Waals surface area contributed by atoms with E-state index >= 15 is 0 Å². The van der Waals surface area contributed by atoms with Crippen LogP contribution in [0.15, 0.2) is 21.3 Å². The lowest BCUT2D eigenvalue weighted by molar-refractivity contribution is -0.120. The van der Waals surface area contributed by atoms with Crippen LogP contribution in [0.3, 0.4) is 0 Å². The Morgan fingerprint density at radius 3 is 3.05 bits per heavy atom. The van der Waals surface area contributed by atoms with Crippen LogP contribution in [-0.4, -0.2) is 29.6 Å². The summed E-state index contributed by atoms with van der Waals surface area (Å²) in [5.74, 6) is 1.25. The van der Waals surface area contributed by atoms with Gasteiger partial charge in [0.05, 0.1) is 6.26 Å². The Balaban J connectivity index is 1.98. The molecule has 1 aliphatic rings. The standard InChI is InChI=1S/C12H14N4O3/c1-7-14-12(15-19-7)16-5-3-8-4-6-18-10(8)9(13-2)11(16)17/h4,6,9,13H,3,5H2,1-2H3. The molecule has 0 saturated carbocycles. The minimum atomic E-state index is -0.522. The number of amides is 1. The van der Waals surface area contributed by atoms with Gasteiger partial charge in [-0.05, 0) is 30.3 Å². The molecule has 7 heteroatoms. The van der Waals surface area contributed by atoms with Crippen molar-refractivity contribution < 1.29 is 13.7 Å². The molecular formula is C12H14N4O3. The van der Waals surface area contributed by atoms with Crippen LogP contribution in [0.2, 0.25) is 0 Å². The van der Waals surface area contributed by atoms with Gasteiger partial charge in [-0.3, -0.25) is 9.69 Å². The smallest absolute Gasteiger partial charge is 0.272 e. The molecule has 7 nitrogen and oxygen atoms in total. The largest absolute Gasteiger partial charge is 0.467 e. The van der Waals surface area contributed by atoms with Gasteiger partial charge >= 0.3 is 0 Å². The first-order valence-electron chi connectivity index (χ1n) is 6.06. The lowest BCUT2D eigenvalue weighted by Crippen LogP contribution is -2.39. The summed E-state index contributed by atoms with van der Waals surface area (Å²) in [7, 11) is 1.72. The van der Waals surface area contributed by atoms with Gasteiger partial charge in [0, 0.05) is 13.5 Å². The van der Waals surface area contributed by atoms with Gasteiger partial charge in [-0.15, -0.1) is 0 Å². The second-order valence-corrected chi connectivity index (χ2v) is 4.39. The van der Waals surface area contributed by atoms with Crippen LogP contribution >= 0.6 is 0 Å². The number of likely N-dealkylation sites (N-methyl/N-ethyl adjacent to an activating group) is 1. The number of carbonyl (C=O) groups is 1. The molecule has 0 aliphatic carbocycles. The molecule has 2 aromatic rings. The monoisotopic (exact) mass is 262 g/mol. The number of hydrogen-bond donors (Lipinski definition) is 1. The second-order valence-electron chi connectivity index (χ2n) is 4.39. The number of aryl methyl sites for hydroxylation is 1. The maximum atomic E-state index is 12.5. The van der Waals surface area contributed by atoms with Gasteiger partial charge in [-0.25, -0.2) is 0 Å². The van der Waals surface area contributed by atoms with Crippen molar-refractivity contribution in [2.24, 2.45) is 0 Å². The Morgan fingerprint density at radius 1 is 1.53 bits per heavy atom. The van der Waals surface area contributed by atoms with E-state index in [1.54, 1.807) is 20.2 Å². The molecule has 0 spiro atoms. The molecule has 1 N–H and O–H groups in total. The molecular weight excluding hydrogens is 248 g/mol. The van der Waals surface area contributed by atoms with Crippen LogP contribution in [-0.2, 0) is 11.2 Å². The van der Waals surface area contributed by atoms with E-state index in [0.29, 0.717) is 30.6 Å². The first-order valence-corrected chi connectivity index (χ1v) is 6.06. The minimum absolute atomic E-state index is 0.142. The fourth-order valence-electron chi connectivity index (χ4n) is 2.27. The molecule has 0 radical (unpaired) electrons. The van der Waals surface area contributed by atoms with E-state index in [2.05, 4.69) is 15.5 Å². The molecule has 3 rings (SSSR count). The average molecular weight is 262 g/mol. The van der Waals surface area contributed by atoms with Crippen LogP contribution in [0, 0.1) is 6.92 Å². The Kier molecular flexibility index (Phi) is 2.83. The van der Waals surface area contributed by atoms with Crippen LogP contribution < -0.4 is 10.2 Å². The lowest BCUT2D eigenvalue weighted by Gasteiger charge is -2.19. The highest BCUT2D eigenvalue weighted by Crippen LogP contribution is 2.27. The Morgan fingerprint density at radius 2 is 2.37 bits per heavy atom. The molecule has 0 bridgehead atoms. The maximum absolute atomic E-state index is 12.5. The fourth-order valence-corrected chi connectivity index (χ4v) is 2.27. The second kappa shape index (κ2) is 4.51. The normalized spacial score (nSPS) is 19.4. The molecule has 0 aromatic carbocycles. The zero-order valence-electron chi connectivity index (χ0n) is 10.7. The van der Waals surface area contributed by atoms with Crippen molar-refractivity contribution in [2.45, 2.75) is 19.4 Å². The van der Waals surface area contributed by atoms with E-state index in [1.165, 1.54) is 4.90 Å². The predicted octanol–water partition coefficient (Wildman–Crippen LogP) is 0.821. The van der Waals surface area contributed by atoms with E-state index in [0.717, 1.165) is 5.56 Å². The molecule has 3 heterocycles. The SMILES string of the molecule is CNC1C(=O)N(c2noc(C)n2)CCc2ccoc21. The van der Waals surface area contributed by atoms with E-state index in [-0.39, 0.29) is 5.91 Å². The zero-order chi connectivity index (χ0) is 13.4. The molecule has 1 amide bonds. The summed E-state index contributed by atoms with van der Waals surface area (Å²) in [4.78, 5) is 18.2. The van der Waals surface area contributed by atoms with E-state index in [4.69, 9.17) is 8.94 Å². The van der Waals surface area contributed by atoms with Crippen LogP contribution in [0.4, 0.5) is 5.95 Å². The van der Waals surface area contributed by atoms with E-state index in [9.17, 15) is 4.79 Å². The summed E-state index contributed by atoms with van der Waals surface area (Å²) in [6, 6.07) is 1.36. The summed E-state index contributed by atoms with van der Waals surface area (Å²) in [5.41, 5.74) is 1.02. The first kappa shape index (κ1) is 11.9. The van der Waals surface area contributed by atoms with Crippen molar-refractivity contribution in [1.82, 2.24) is 15.5 Å². The predicted molar refractivity (Wildman–Crippen MR) is 65.6 cm³/mol. The van der Waals surface area contributed by atoms with Gasteiger partial charge in [0.2, 0.25) is 5.89 Å². The maximum Gasteiger partial charge on any atom is 0.272 e. The Hall–Kier alpha value is -2.15. The third-order valence-corrected chi connectivity index (χ3v) is 3.21. The summed E-state index contributed by atoms with van der Waals surface area (Å²) < 4.78 is 10.4. The van der Waals surface area contributed by atoms with Gasteiger partial charge in [0.1, 0.15) is 11.8 Å². The summed E-state index contributed by atoms with van der Waals surface area (Å²) >= 11 is 0. The molecule has 1 atom stereocenters. The third-order valence-electron chi connectivity index (χ3n) is 3.21. The summed E-state index contributed by atoms with van der Waals surface area (Å²) in [6.07, 6.45) is 2.31. The van der Waals surface area contributed by atoms with E-state index < -0.39 is 6.04 Å². The quantitative estimate of drug-likeness (QED) is 0.862. The lowest BCUT2D eigenvalue weighted by atomic mass is 10.1. The zero-order valence-corrected chi connectivity index (χ0v) is 10.7. The Bertz CT molecular complexity index is 604. The van der Waals surface area contributed by atoms with Crippen molar-refractivity contribution in [2.75, 3.05) is 18.5 Å². The van der Waals surface area contributed by atoms with Crippen molar-refractivity contribution in [3.63, 3.8) is 0 Å². The number of furan rings is 1. The molecule has 0 saturated heterocycles. The van der Waals surface area contributed by atoms with Crippen molar-refractivity contribution in [1.29, 1.82) is 0 Å². The third kappa shape index (κ3) is 1.91. The minimum Gasteiger partial charge on any atom is -0.467 e. The summed E-state index contributed by atoms with van der Waals surface area (Å²) in [6.45, 7) is 2.20. The molecule has 0 fully saturated rings. The van der Waals surface area contributed by atoms with Gasteiger partial charge in [-0.1, -0.05) is 0 Å². The number of rotatable bonds is 2. The van der Waals surface area contributed by atoms with Gasteiger partial charge in [-0.2, -0.15) is 4.98 Å². The van der Waals surface area contributed by atoms with Gasteiger partial charge < -0.3 is 14.3 Å². The number of fused-ring (bicyclic) bond motifs is 1. The number of hydrogen-bond acceptors (Lipinski definition) is 6. The molecule has 1 aliphatic heterocycles. The Labute approximate surface area is 109 Å². The van der Waals surface area contributed by atoms with Crippen LogP contribution in [0.25, 0.3) is 0 Å². The van der Waals surface area contributed by atoms with Crippen molar-refractivity contribution in [3.05, 3.63) is 29.5 Å². The highest BCUT2D eigenvalue weighted by atomic mass is 16.5. The topological polar surface area (TPSA) is 84.4 Å². The average Bonchev–Trinajstić information content (AvgIpc) is 2.98. The molecule has 100 valence electrons. The van der Waals surface area contributed by atoms with E-state index in [1.807, 2.05) is 6.07 Å². The van der Waals surface area contributed by atoms with Crippen LogP contribution in [0.5, 0.6) is 0 Å². The molecule has 1 unspecified atom stereocenters. The van der Waals surface area contributed by atoms with Gasteiger partial charge in [0.15, 0.2) is 0 Å². The molecule has 2 aromatic heterocycles. The van der Waals surface area contributed by atoms with Gasteiger partial charge in [0.25, 0.3) is 11.9 Å². The number of anilines is 1. The number of aromatic nitrogens is 2. The van der Waals surface area contributed by atoms with Crippen LogP contribution in [0.1, 0.15) is 23.3 Å². The fraction of sp³-hybridized carbons (Fsp3) is 0.417. The number of carbonyl (C=O) groups excluding carboxylic acids is 1. The number of nitrogens with one attached hydrogen (secondary N) is 1. The van der Waals surface area contributed by atoms with Crippen molar-refractivity contribution in [3.8, 4) is 0 Å². The first-order chi connectivity index (χ1) is 9.20. The number of nitrogens with zero attached hydrogens (tertiary/aromatic N) is 3. The highest BCUT2D eigenvalue weighted by molar-refractivity contribution is 5.96. The molecule has 19 heavy (non-hydrogen) atoms. The highest BCUT2D eigenvalue weighted by Gasteiger charge is 2.34.